The summed E-state index contributed by atoms with van der Waals surface area (Å²) in [5.74, 6) is 0. The second kappa shape index (κ2) is 5.73. The minimum atomic E-state index is -3.53. The van der Waals surface area contributed by atoms with Gasteiger partial charge < -0.3 is 0 Å². The maximum absolute atomic E-state index is 12.0. The molecule has 0 atom stereocenters. The third-order valence-electron chi connectivity index (χ3n) is 2.59. The van der Waals surface area contributed by atoms with Crippen LogP contribution >= 0.6 is 11.6 Å². The Hall–Kier alpha value is -1.37. The molecule has 0 aliphatic carbocycles. The molecule has 0 aliphatic rings. The molecular weight excluding hydrogens is 286 g/mol. The van der Waals surface area contributed by atoms with Crippen LogP contribution in [0.2, 0.25) is 5.02 Å². The van der Waals surface area contributed by atoms with Gasteiger partial charge in [0.1, 0.15) is 0 Å². The van der Waals surface area contributed by atoms with Crippen molar-refractivity contribution in [3.8, 4) is 0 Å². The SMILES string of the molecule is CCn1ccc(CNS(=O)(=O)c2ccc(Cl)cc2)n1. The fourth-order valence-corrected chi connectivity index (χ4v) is 2.67. The molecule has 0 bridgehead atoms. The van der Waals surface area contributed by atoms with E-state index in [9.17, 15) is 8.42 Å². The first-order valence-corrected chi connectivity index (χ1v) is 7.65. The van der Waals surface area contributed by atoms with Gasteiger partial charge in [-0.1, -0.05) is 11.6 Å². The average molecular weight is 300 g/mol. The lowest BCUT2D eigenvalue weighted by Gasteiger charge is -2.05. The summed E-state index contributed by atoms with van der Waals surface area (Å²) in [6, 6.07) is 7.81. The van der Waals surface area contributed by atoms with E-state index in [1.54, 1.807) is 22.9 Å². The second-order valence-corrected chi connectivity index (χ2v) is 6.14. The van der Waals surface area contributed by atoms with Gasteiger partial charge in [-0.15, -0.1) is 0 Å². The number of aryl methyl sites for hydroxylation is 1. The lowest BCUT2D eigenvalue weighted by atomic mass is 10.4. The minimum Gasteiger partial charge on any atom is -0.273 e. The van der Waals surface area contributed by atoms with E-state index in [0.717, 1.165) is 6.54 Å². The monoisotopic (exact) mass is 299 g/mol. The number of aromatic nitrogens is 2. The molecule has 5 nitrogen and oxygen atoms in total. The molecule has 102 valence electrons. The zero-order chi connectivity index (χ0) is 13.9. The molecule has 2 aromatic rings. The van der Waals surface area contributed by atoms with Gasteiger partial charge in [-0.3, -0.25) is 4.68 Å². The molecule has 0 saturated heterocycles. The number of benzene rings is 1. The highest BCUT2D eigenvalue weighted by molar-refractivity contribution is 7.89. The van der Waals surface area contributed by atoms with Crippen molar-refractivity contribution in [3.63, 3.8) is 0 Å². The van der Waals surface area contributed by atoms with Crippen molar-refractivity contribution >= 4 is 21.6 Å². The summed E-state index contributed by atoms with van der Waals surface area (Å²) in [5, 5.41) is 4.71. The smallest absolute Gasteiger partial charge is 0.240 e. The molecule has 19 heavy (non-hydrogen) atoms. The van der Waals surface area contributed by atoms with E-state index >= 15 is 0 Å². The molecule has 2 rings (SSSR count). The highest BCUT2D eigenvalue weighted by Gasteiger charge is 2.13. The topological polar surface area (TPSA) is 64.0 Å². The molecule has 1 aromatic heterocycles. The molecule has 0 aliphatic heterocycles. The predicted molar refractivity (Wildman–Crippen MR) is 73.4 cm³/mol. The fraction of sp³-hybridized carbons (Fsp3) is 0.250. The molecule has 0 saturated carbocycles. The Kier molecular flexibility index (Phi) is 4.24. The van der Waals surface area contributed by atoms with E-state index in [1.807, 2.05) is 13.1 Å². The maximum atomic E-state index is 12.0. The predicted octanol–water partition coefficient (Wildman–Crippen LogP) is 2.03. The van der Waals surface area contributed by atoms with Gasteiger partial charge in [-0.05, 0) is 37.3 Å². The van der Waals surface area contributed by atoms with Gasteiger partial charge in [0.2, 0.25) is 10.0 Å². The van der Waals surface area contributed by atoms with E-state index in [-0.39, 0.29) is 11.4 Å². The van der Waals surface area contributed by atoms with Gasteiger partial charge in [0.25, 0.3) is 0 Å². The number of hydrogen-bond donors (Lipinski definition) is 1. The summed E-state index contributed by atoms with van der Waals surface area (Å²) >= 11 is 5.73. The van der Waals surface area contributed by atoms with Crippen LogP contribution in [0.3, 0.4) is 0 Å². The highest BCUT2D eigenvalue weighted by Crippen LogP contribution is 2.14. The zero-order valence-electron chi connectivity index (χ0n) is 10.4. The van der Waals surface area contributed by atoms with Crippen LogP contribution in [-0.4, -0.2) is 18.2 Å². The minimum absolute atomic E-state index is 0.165. The third-order valence-corrected chi connectivity index (χ3v) is 4.26. The van der Waals surface area contributed by atoms with Crippen LogP contribution in [0.1, 0.15) is 12.6 Å². The fourth-order valence-electron chi connectivity index (χ4n) is 1.54. The third kappa shape index (κ3) is 3.56. The summed E-state index contributed by atoms with van der Waals surface area (Å²) in [6.07, 6.45) is 1.81. The van der Waals surface area contributed by atoms with Crippen LogP contribution in [-0.2, 0) is 23.1 Å². The van der Waals surface area contributed by atoms with E-state index in [4.69, 9.17) is 11.6 Å². The Morgan fingerprint density at radius 1 is 1.26 bits per heavy atom. The maximum Gasteiger partial charge on any atom is 0.240 e. The van der Waals surface area contributed by atoms with Gasteiger partial charge in [0.05, 0.1) is 17.1 Å². The zero-order valence-corrected chi connectivity index (χ0v) is 11.9. The Bertz CT molecular complexity index is 650. The normalized spacial score (nSPS) is 11.7. The highest BCUT2D eigenvalue weighted by atomic mass is 35.5. The van der Waals surface area contributed by atoms with E-state index < -0.39 is 10.0 Å². The summed E-state index contributed by atoms with van der Waals surface area (Å²) in [7, 11) is -3.53. The molecule has 7 heteroatoms. The Morgan fingerprint density at radius 2 is 1.95 bits per heavy atom. The van der Waals surface area contributed by atoms with Gasteiger partial charge in [0, 0.05) is 17.8 Å². The molecule has 0 fully saturated rings. The van der Waals surface area contributed by atoms with Crippen LogP contribution in [0.15, 0.2) is 41.4 Å². The Balaban J connectivity index is 2.07. The Labute approximate surface area is 117 Å². The van der Waals surface area contributed by atoms with Gasteiger partial charge in [-0.2, -0.15) is 5.10 Å². The summed E-state index contributed by atoms with van der Waals surface area (Å²) in [6.45, 7) is 2.89. The van der Waals surface area contributed by atoms with Crippen molar-refractivity contribution in [2.75, 3.05) is 0 Å². The Morgan fingerprint density at radius 3 is 2.53 bits per heavy atom. The number of hydrogen-bond acceptors (Lipinski definition) is 3. The lowest BCUT2D eigenvalue weighted by molar-refractivity contribution is 0.578. The van der Waals surface area contributed by atoms with Crippen LogP contribution in [0.4, 0.5) is 0 Å². The van der Waals surface area contributed by atoms with Crippen molar-refractivity contribution in [1.29, 1.82) is 0 Å². The number of rotatable bonds is 5. The van der Waals surface area contributed by atoms with Crippen molar-refractivity contribution in [3.05, 3.63) is 47.2 Å². The second-order valence-electron chi connectivity index (χ2n) is 3.94. The van der Waals surface area contributed by atoms with E-state index in [0.29, 0.717) is 10.7 Å². The summed E-state index contributed by atoms with van der Waals surface area (Å²) in [4.78, 5) is 0.187. The van der Waals surface area contributed by atoms with Crippen LogP contribution in [0.25, 0.3) is 0 Å². The van der Waals surface area contributed by atoms with Crippen molar-refractivity contribution < 1.29 is 8.42 Å². The van der Waals surface area contributed by atoms with Crippen LogP contribution in [0, 0.1) is 0 Å². The molecule has 0 amide bonds. The van der Waals surface area contributed by atoms with Crippen LogP contribution < -0.4 is 4.72 Å². The quantitative estimate of drug-likeness (QED) is 0.919. The number of nitrogens with zero attached hydrogens (tertiary/aromatic N) is 2. The summed E-state index contributed by atoms with van der Waals surface area (Å²) in [5.41, 5.74) is 0.680. The molecule has 1 aromatic carbocycles. The van der Waals surface area contributed by atoms with Gasteiger partial charge >= 0.3 is 0 Å². The van der Waals surface area contributed by atoms with E-state index in [2.05, 4.69) is 9.82 Å². The molecule has 0 radical (unpaired) electrons. The van der Waals surface area contributed by atoms with Gasteiger partial charge in [-0.25, -0.2) is 13.1 Å². The summed E-state index contributed by atoms with van der Waals surface area (Å²) < 4.78 is 28.3. The molecule has 0 unspecified atom stereocenters. The van der Waals surface area contributed by atoms with Crippen LogP contribution in [0.5, 0.6) is 0 Å². The number of halogens is 1. The van der Waals surface area contributed by atoms with E-state index in [1.165, 1.54) is 12.1 Å². The number of nitrogens with one attached hydrogen (secondary N) is 1. The van der Waals surface area contributed by atoms with Crippen molar-refractivity contribution in [2.24, 2.45) is 0 Å². The first-order chi connectivity index (χ1) is 9.01. The standard InChI is InChI=1S/C12H14ClN3O2S/c1-2-16-8-7-11(15-16)9-14-19(17,18)12-5-3-10(13)4-6-12/h3-8,14H,2,9H2,1H3. The number of sulfonamides is 1. The molecule has 0 spiro atoms. The van der Waals surface area contributed by atoms with Crippen molar-refractivity contribution in [1.82, 2.24) is 14.5 Å². The molecular formula is C12H14ClN3O2S. The first kappa shape index (κ1) is 14.0. The van der Waals surface area contributed by atoms with Crippen molar-refractivity contribution in [2.45, 2.75) is 24.9 Å². The first-order valence-electron chi connectivity index (χ1n) is 5.79. The largest absolute Gasteiger partial charge is 0.273 e. The lowest BCUT2D eigenvalue weighted by Crippen LogP contribution is -2.23. The average Bonchev–Trinajstić information content (AvgIpc) is 2.85. The molecule has 1 heterocycles. The molecule has 1 N–H and O–H groups in total. The van der Waals surface area contributed by atoms with Gasteiger partial charge in [0.15, 0.2) is 0 Å².